The summed E-state index contributed by atoms with van der Waals surface area (Å²) in [6.07, 6.45) is 11.6. The number of nitrogens with zero attached hydrogens (tertiary/aromatic N) is 3. The molecule has 6 nitrogen and oxygen atoms in total. The highest BCUT2D eigenvalue weighted by Crippen LogP contribution is 2.16. The fourth-order valence-corrected chi connectivity index (χ4v) is 2.78. The first-order valence-electron chi connectivity index (χ1n) is 8.68. The van der Waals surface area contributed by atoms with Crippen LogP contribution in [0.4, 0.5) is 5.69 Å². The number of imidazole rings is 1. The molecule has 0 unspecified atom stereocenters. The molecule has 0 aliphatic rings. The van der Waals surface area contributed by atoms with Crippen molar-refractivity contribution >= 4 is 11.6 Å². The lowest BCUT2D eigenvalue weighted by Crippen LogP contribution is -2.33. The van der Waals surface area contributed by atoms with Crippen LogP contribution in [0.3, 0.4) is 0 Å². The third-order valence-electron chi connectivity index (χ3n) is 4.23. The Balaban J connectivity index is 1.56. The number of hydrazine groups is 1. The maximum atomic E-state index is 12.1. The van der Waals surface area contributed by atoms with Gasteiger partial charge in [-0.15, -0.1) is 0 Å². The summed E-state index contributed by atoms with van der Waals surface area (Å²) in [5.74, 6) is -0.0911. The molecule has 0 radical (unpaired) electrons. The van der Waals surface area contributed by atoms with E-state index in [2.05, 4.69) is 41.4 Å². The van der Waals surface area contributed by atoms with Crippen LogP contribution in [0.25, 0.3) is 0 Å². The van der Waals surface area contributed by atoms with Gasteiger partial charge in [0.1, 0.15) is 19.4 Å². The molecule has 0 aliphatic heterocycles. The summed E-state index contributed by atoms with van der Waals surface area (Å²) in [4.78, 5) is 12.1. The van der Waals surface area contributed by atoms with Crippen LogP contribution in [0.2, 0.25) is 0 Å². The second kappa shape index (κ2) is 8.29. The number of amides is 1. The lowest BCUT2D eigenvalue weighted by atomic mass is 10.0. The van der Waals surface area contributed by atoms with E-state index in [0.717, 1.165) is 18.5 Å². The Hall–Kier alpha value is -3.15. The molecule has 134 valence electrons. The topological polar surface area (TPSA) is 53.8 Å². The van der Waals surface area contributed by atoms with E-state index < -0.39 is 0 Å². The van der Waals surface area contributed by atoms with E-state index in [9.17, 15) is 4.79 Å². The third kappa shape index (κ3) is 4.92. The van der Waals surface area contributed by atoms with Gasteiger partial charge in [-0.25, -0.2) is 13.7 Å². The normalized spacial score (nSPS) is 10.5. The largest absolute Gasteiger partial charge is 0.298 e. The molecule has 0 fully saturated rings. The molecule has 0 aliphatic carbocycles. The Bertz CT molecular complexity index is 870. The number of hydrogen-bond donors (Lipinski definition) is 2. The zero-order valence-corrected chi connectivity index (χ0v) is 15.2. The van der Waals surface area contributed by atoms with E-state index in [0.29, 0.717) is 0 Å². The molecule has 0 saturated heterocycles. The number of rotatable bonds is 7. The molecule has 0 bridgehead atoms. The number of carbonyl (C=O) groups is 1. The lowest BCUT2D eigenvalue weighted by Gasteiger charge is -2.12. The van der Waals surface area contributed by atoms with Gasteiger partial charge >= 0.3 is 0 Å². The lowest BCUT2D eigenvalue weighted by molar-refractivity contribution is -0.671. The standard InChI is InChI=1S/C20H24N5O/c1-23-11-9-17(10-12-23)7-8-18-5-3-4-6-19(18)21-22-20(26)15-25-14-13-24(2)16-25/h3-6,9-14,16,21H,7-8,15H2,1-2H3/q+1/p+1. The predicted molar refractivity (Wildman–Crippen MR) is 98.8 cm³/mol. The maximum Gasteiger partial charge on any atom is 0.280 e. The van der Waals surface area contributed by atoms with Gasteiger partial charge < -0.3 is 0 Å². The van der Waals surface area contributed by atoms with Gasteiger partial charge in [-0.3, -0.25) is 15.6 Å². The van der Waals surface area contributed by atoms with Gasteiger partial charge in [-0.05, 0) is 30.0 Å². The van der Waals surface area contributed by atoms with E-state index in [1.54, 1.807) is 0 Å². The second-order valence-corrected chi connectivity index (χ2v) is 6.45. The maximum absolute atomic E-state index is 12.1. The summed E-state index contributed by atoms with van der Waals surface area (Å²) < 4.78 is 5.76. The minimum absolute atomic E-state index is 0.0911. The number of benzene rings is 1. The predicted octanol–water partition coefficient (Wildman–Crippen LogP) is 1.07. The fourth-order valence-electron chi connectivity index (χ4n) is 2.78. The van der Waals surface area contributed by atoms with Crippen molar-refractivity contribution in [3.05, 3.63) is 78.6 Å². The number of pyridine rings is 1. The molecule has 1 amide bonds. The molecule has 0 saturated carbocycles. The highest BCUT2D eigenvalue weighted by molar-refractivity contribution is 5.77. The molecule has 2 N–H and O–H groups in total. The van der Waals surface area contributed by atoms with Gasteiger partial charge in [0.25, 0.3) is 5.91 Å². The quantitative estimate of drug-likeness (QED) is 0.494. The highest BCUT2D eigenvalue weighted by Gasteiger charge is 2.09. The fraction of sp³-hybridized carbons (Fsp3) is 0.250. The summed E-state index contributed by atoms with van der Waals surface area (Å²) in [7, 11) is 3.94. The Morgan fingerprint density at radius 1 is 1.00 bits per heavy atom. The van der Waals surface area contributed by atoms with Gasteiger partial charge in [0.15, 0.2) is 18.9 Å². The number of nitrogens with one attached hydrogen (secondary N) is 2. The van der Waals surface area contributed by atoms with E-state index in [1.165, 1.54) is 11.1 Å². The summed E-state index contributed by atoms with van der Waals surface area (Å²) in [5.41, 5.74) is 9.24. The van der Waals surface area contributed by atoms with Crippen LogP contribution in [-0.4, -0.2) is 10.5 Å². The average Bonchev–Trinajstić information content (AvgIpc) is 3.05. The zero-order chi connectivity index (χ0) is 18.4. The van der Waals surface area contributed by atoms with Crippen molar-refractivity contribution in [3.8, 4) is 0 Å². The van der Waals surface area contributed by atoms with Crippen LogP contribution in [-0.2, 0) is 38.3 Å². The first-order valence-corrected chi connectivity index (χ1v) is 8.68. The monoisotopic (exact) mass is 351 g/mol. The molecular weight excluding hydrogens is 326 g/mol. The number of para-hydroxylation sites is 1. The van der Waals surface area contributed by atoms with Crippen molar-refractivity contribution in [3.63, 3.8) is 0 Å². The van der Waals surface area contributed by atoms with Crippen molar-refractivity contribution in [2.24, 2.45) is 14.1 Å². The average molecular weight is 351 g/mol. The van der Waals surface area contributed by atoms with Crippen LogP contribution >= 0.6 is 0 Å². The molecule has 3 rings (SSSR count). The van der Waals surface area contributed by atoms with E-state index in [4.69, 9.17) is 0 Å². The van der Waals surface area contributed by atoms with Crippen LogP contribution < -0.4 is 20.0 Å². The first-order chi connectivity index (χ1) is 12.6. The number of hydrogen-bond acceptors (Lipinski definition) is 2. The number of anilines is 1. The summed E-state index contributed by atoms with van der Waals surface area (Å²) in [6.45, 7) is 0.275. The molecule has 2 aromatic heterocycles. The molecule has 3 aromatic rings. The molecule has 1 aromatic carbocycles. The molecule has 0 atom stereocenters. The minimum atomic E-state index is -0.0911. The van der Waals surface area contributed by atoms with Gasteiger partial charge in [0.05, 0.1) is 12.7 Å². The second-order valence-electron chi connectivity index (χ2n) is 6.45. The van der Waals surface area contributed by atoms with E-state index in [1.807, 2.05) is 64.7 Å². The van der Waals surface area contributed by atoms with Crippen molar-refractivity contribution in [1.29, 1.82) is 0 Å². The van der Waals surface area contributed by atoms with Gasteiger partial charge in [-0.1, -0.05) is 18.2 Å². The first kappa shape index (κ1) is 17.7. The van der Waals surface area contributed by atoms with Crippen molar-refractivity contribution in [2.45, 2.75) is 19.4 Å². The van der Waals surface area contributed by atoms with Crippen LogP contribution in [0.1, 0.15) is 11.1 Å². The highest BCUT2D eigenvalue weighted by atomic mass is 16.2. The molecular formula is C20H25N5O+2. The summed E-state index contributed by atoms with van der Waals surface area (Å²) in [6, 6.07) is 12.3. The van der Waals surface area contributed by atoms with Crippen molar-refractivity contribution < 1.29 is 13.9 Å². The molecule has 6 heteroatoms. The Morgan fingerprint density at radius 2 is 1.77 bits per heavy atom. The van der Waals surface area contributed by atoms with Crippen LogP contribution in [0.5, 0.6) is 0 Å². The zero-order valence-electron chi connectivity index (χ0n) is 15.2. The van der Waals surface area contributed by atoms with Crippen molar-refractivity contribution in [2.75, 3.05) is 5.43 Å². The number of aryl methyl sites for hydroxylation is 4. The SMILES string of the molecule is C[n+]1ccc(CCc2ccccc2NNC(=O)Cn2cc[n+](C)c2)cc1. The Kier molecular flexibility index (Phi) is 5.63. The third-order valence-corrected chi connectivity index (χ3v) is 4.23. The molecule has 2 heterocycles. The summed E-state index contributed by atoms with van der Waals surface area (Å²) in [5, 5.41) is 0. The number of aromatic nitrogens is 3. The minimum Gasteiger partial charge on any atom is -0.298 e. The van der Waals surface area contributed by atoms with E-state index >= 15 is 0 Å². The smallest absolute Gasteiger partial charge is 0.280 e. The van der Waals surface area contributed by atoms with Crippen LogP contribution in [0, 0.1) is 0 Å². The Labute approximate surface area is 153 Å². The molecule has 0 spiro atoms. The number of carbonyl (C=O) groups excluding carboxylic acids is 1. The Morgan fingerprint density at radius 3 is 2.50 bits per heavy atom. The summed E-state index contributed by atoms with van der Waals surface area (Å²) >= 11 is 0. The van der Waals surface area contributed by atoms with E-state index in [-0.39, 0.29) is 12.5 Å². The van der Waals surface area contributed by atoms with Gasteiger partial charge in [0.2, 0.25) is 6.33 Å². The van der Waals surface area contributed by atoms with Gasteiger partial charge in [-0.2, -0.15) is 0 Å². The van der Waals surface area contributed by atoms with Crippen LogP contribution in [0.15, 0.2) is 67.5 Å². The molecule has 26 heavy (non-hydrogen) atoms. The van der Waals surface area contributed by atoms with Crippen molar-refractivity contribution in [1.82, 2.24) is 9.99 Å². The van der Waals surface area contributed by atoms with Gasteiger partial charge in [0, 0.05) is 12.1 Å².